The van der Waals surface area contributed by atoms with Crippen LogP contribution in [0, 0.1) is 22.7 Å². The third-order valence-electron chi connectivity index (χ3n) is 12.0. The van der Waals surface area contributed by atoms with Gasteiger partial charge in [-0.25, -0.2) is 4.90 Å². The van der Waals surface area contributed by atoms with Gasteiger partial charge in [-0.1, -0.05) is 109 Å². The first-order valence-corrected chi connectivity index (χ1v) is 20.7. The molecule has 1 aliphatic rings. The number of rotatable bonds is 7. The maximum absolute atomic E-state index is 15.6. The number of carbonyl (C=O) groups is 2. The Morgan fingerprint density at radius 2 is 0.922 bits per heavy atom. The van der Waals surface area contributed by atoms with E-state index in [9.17, 15) is 10.5 Å². The molecule has 0 radical (unpaired) electrons. The van der Waals surface area contributed by atoms with Crippen LogP contribution >= 0.6 is 0 Å². The Morgan fingerprint density at radius 1 is 0.422 bits per heavy atom. The van der Waals surface area contributed by atoms with E-state index in [4.69, 9.17) is 0 Å². The molecule has 11 rings (SSSR count). The number of aromatic nitrogens is 3. The summed E-state index contributed by atoms with van der Waals surface area (Å²) >= 11 is 0. The van der Waals surface area contributed by atoms with Gasteiger partial charge in [-0.15, -0.1) is 0 Å². The lowest BCUT2D eigenvalue weighted by Gasteiger charge is -2.24. The highest BCUT2D eigenvalue weighted by molar-refractivity contribution is 6.37. The molecule has 2 amide bonds. The molecule has 0 saturated heterocycles. The number of amides is 2. The summed E-state index contributed by atoms with van der Waals surface area (Å²) in [6.07, 6.45) is 6.56. The second-order valence-electron chi connectivity index (χ2n) is 15.5. The van der Waals surface area contributed by atoms with Gasteiger partial charge in [0.1, 0.15) is 0 Å². The zero-order chi connectivity index (χ0) is 43.3. The predicted molar refractivity (Wildman–Crippen MR) is 251 cm³/mol. The topological polar surface area (TPSA) is 116 Å². The lowest BCUT2D eigenvalue weighted by molar-refractivity contribution is 0.0926. The normalized spacial score (nSPS) is 12.1. The minimum absolute atomic E-state index is 0.280. The molecule has 298 valence electrons. The Labute approximate surface area is 367 Å². The van der Waals surface area contributed by atoms with Crippen molar-refractivity contribution in [2.45, 2.75) is 0 Å². The Hall–Kier alpha value is -9.24. The highest BCUT2D eigenvalue weighted by Gasteiger charge is 2.42. The van der Waals surface area contributed by atoms with Gasteiger partial charge in [0.15, 0.2) is 0 Å². The van der Waals surface area contributed by atoms with E-state index >= 15 is 9.59 Å². The molecule has 8 heteroatoms. The van der Waals surface area contributed by atoms with Gasteiger partial charge in [0.2, 0.25) is 0 Å². The van der Waals surface area contributed by atoms with Crippen molar-refractivity contribution in [3.8, 4) is 73.5 Å². The van der Waals surface area contributed by atoms with Gasteiger partial charge in [0.25, 0.3) is 11.8 Å². The van der Waals surface area contributed by atoms with Crippen molar-refractivity contribution < 1.29 is 9.59 Å². The van der Waals surface area contributed by atoms with Gasteiger partial charge in [-0.2, -0.15) is 10.5 Å². The van der Waals surface area contributed by atoms with Crippen LogP contribution in [0.3, 0.4) is 0 Å². The monoisotopic (exact) mass is 820 g/mol. The molecule has 10 aromatic rings. The number of hydrogen-bond donors (Lipinski definition) is 0. The number of carbonyl (C=O) groups excluding carboxylic acids is 2. The lowest BCUT2D eigenvalue weighted by Crippen LogP contribution is -2.30. The summed E-state index contributed by atoms with van der Waals surface area (Å²) in [7, 11) is 0. The van der Waals surface area contributed by atoms with E-state index in [0.717, 1.165) is 66.3 Å². The van der Waals surface area contributed by atoms with Crippen molar-refractivity contribution in [2.75, 3.05) is 4.90 Å². The van der Waals surface area contributed by atoms with Gasteiger partial charge in [-0.05, 0) is 94.0 Å². The highest BCUT2D eigenvalue weighted by atomic mass is 16.2. The van der Waals surface area contributed by atoms with E-state index in [2.05, 4.69) is 46.4 Å². The number of anilines is 1. The average Bonchev–Trinajstić information content (AvgIpc) is 3.83. The van der Waals surface area contributed by atoms with E-state index in [0.29, 0.717) is 39.2 Å². The van der Waals surface area contributed by atoms with Crippen LogP contribution in [0.15, 0.2) is 195 Å². The SMILES string of the molecule is N#Cc1ccncc1-c1ccc2c(c1)c1cc(-c3cnccc3C#N)ccc1n2-c1cccc2c1C(=O)N(c1c(-c3ccccc3)cc(-c3ccccc3)cc1-c1ccccc1)C2=O. The molecule has 0 atom stereocenters. The van der Waals surface area contributed by atoms with Crippen LogP contribution in [0.25, 0.3) is 83.1 Å². The Morgan fingerprint density at radius 3 is 1.42 bits per heavy atom. The van der Waals surface area contributed by atoms with Crippen LogP contribution in [-0.2, 0) is 0 Å². The fraction of sp³-hybridized carbons (Fsp3) is 0. The van der Waals surface area contributed by atoms with Crippen LogP contribution in [0.5, 0.6) is 0 Å². The van der Waals surface area contributed by atoms with Crippen molar-refractivity contribution >= 4 is 39.3 Å². The van der Waals surface area contributed by atoms with Crippen LogP contribution in [0.4, 0.5) is 5.69 Å². The number of nitrogens with zero attached hydrogens (tertiary/aromatic N) is 6. The Bertz CT molecular complexity index is 3450. The fourth-order valence-electron chi connectivity index (χ4n) is 9.07. The number of pyridine rings is 2. The first-order chi connectivity index (χ1) is 31.5. The summed E-state index contributed by atoms with van der Waals surface area (Å²) in [5.74, 6) is -0.862. The number of benzene rings is 7. The van der Waals surface area contributed by atoms with Gasteiger partial charge in [-0.3, -0.25) is 19.6 Å². The molecule has 0 saturated carbocycles. The maximum atomic E-state index is 15.6. The molecule has 4 heterocycles. The first-order valence-electron chi connectivity index (χ1n) is 20.7. The molecule has 7 aromatic carbocycles. The van der Waals surface area contributed by atoms with Crippen molar-refractivity contribution in [3.05, 3.63) is 217 Å². The standard InChI is InChI=1S/C56H32N6O2/c57-31-40-23-25-59-33-48(40)38-19-21-50-46(27-38)47-28-39(49-34-60-26-24-41(49)32-58)20-22-51(47)61(50)52-18-10-17-43-53(52)56(64)62(55(43)63)54-44(36-13-6-2-7-14-36)29-42(35-11-4-1-5-12-35)30-45(54)37-15-8-3-9-16-37/h1-30,33-34H. The van der Waals surface area contributed by atoms with Crippen LogP contribution in [-0.4, -0.2) is 26.3 Å². The second-order valence-corrected chi connectivity index (χ2v) is 15.5. The highest BCUT2D eigenvalue weighted by Crippen LogP contribution is 2.47. The van der Waals surface area contributed by atoms with Crippen LogP contribution in [0.1, 0.15) is 31.8 Å². The molecule has 0 fully saturated rings. The average molecular weight is 821 g/mol. The molecule has 0 aliphatic carbocycles. The largest absolute Gasteiger partial charge is 0.308 e. The van der Waals surface area contributed by atoms with E-state index in [1.54, 1.807) is 43.0 Å². The molecule has 64 heavy (non-hydrogen) atoms. The number of imide groups is 1. The number of nitriles is 2. The Balaban J connectivity index is 1.16. The summed E-state index contributed by atoms with van der Waals surface area (Å²) in [5.41, 5.74) is 12.2. The zero-order valence-electron chi connectivity index (χ0n) is 34.0. The minimum Gasteiger partial charge on any atom is -0.308 e. The summed E-state index contributed by atoms with van der Waals surface area (Å²) in [5, 5.41) is 21.7. The van der Waals surface area contributed by atoms with Gasteiger partial charge >= 0.3 is 0 Å². The van der Waals surface area contributed by atoms with Crippen molar-refractivity contribution in [1.82, 2.24) is 14.5 Å². The molecular formula is C56H32N6O2. The van der Waals surface area contributed by atoms with E-state index in [1.807, 2.05) is 132 Å². The summed E-state index contributed by atoms with van der Waals surface area (Å²) in [6, 6.07) is 59.3. The molecule has 1 aliphatic heterocycles. The third kappa shape index (κ3) is 6.06. The maximum Gasteiger partial charge on any atom is 0.268 e. The molecule has 8 nitrogen and oxygen atoms in total. The summed E-state index contributed by atoms with van der Waals surface area (Å²) in [4.78, 5) is 40.7. The van der Waals surface area contributed by atoms with Gasteiger partial charge < -0.3 is 4.57 Å². The lowest BCUT2D eigenvalue weighted by atomic mass is 9.90. The Kier molecular flexibility index (Phi) is 9.05. The first kappa shape index (κ1) is 37.7. The molecule has 3 aromatic heterocycles. The molecular weight excluding hydrogens is 789 g/mol. The smallest absolute Gasteiger partial charge is 0.268 e. The number of fused-ring (bicyclic) bond motifs is 4. The van der Waals surface area contributed by atoms with Crippen molar-refractivity contribution in [1.29, 1.82) is 10.5 Å². The van der Waals surface area contributed by atoms with Crippen molar-refractivity contribution in [3.63, 3.8) is 0 Å². The minimum atomic E-state index is -0.441. The van der Waals surface area contributed by atoms with Crippen LogP contribution < -0.4 is 4.90 Å². The van der Waals surface area contributed by atoms with E-state index in [1.165, 1.54) is 4.90 Å². The predicted octanol–water partition coefficient (Wildman–Crippen LogP) is 12.5. The quantitative estimate of drug-likeness (QED) is 0.148. The van der Waals surface area contributed by atoms with Gasteiger partial charge in [0.05, 0.1) is 56.8 Å². The summed E-state index contributed by atoms with van der Waals surface area (Å²) < 4.78 is 2.03. The molecule has 0 bridgehead atoms. The summed E-state index contributed by atoms with van der Waals surface area (Å²) in [6.45, 7) is 0. The van der Waals surface area contributed by atoms with E-state index < -0.39 is 11.8 Å². The molecule has 0 unspecified atom stereocenters. The zero-order valence-corrected chi connectivity index (χ0v) is 34.0. The third-order valence-corrected chi connectivity index (χ3v) is 12.0. The van der Waals surface area contributed by atoms with E-state index in [-0.39, 0.29) is 5.56 Å². The van der Waals surface area contributed by atoms with Gasteiger partial charge in [0, 0.05) is 57.8 Å². The van der Waals surface area contributed by atoms with Crippen LogP contribution in [0.2, 0.25) is 0 Å². The molecule has 0 N–H and O–H groups in total. The second kappa shape index (κ2) is 15.3. The van der Waals surface area contributed by atoms with Crippen molar-refractivity contribution in [2.24, 2.45) is 0 Å². The fourth-order valence-corrected chi connectivity index (χ4v) is 9.07. The molecule has 0 spiro atoms. The number of hydrogen-bond acceptors (Lipinski definition) is 6.